The van der Waals surface area contributed by atoms with Crippen LogP contribution < -0.4 is 20.7 Å². The van der Waals surface area contributed by atoms with Crippen molar-refractivity contribution in [3.63, 3.8) is 0 Å². The van der Waals surface area contributed by atoms with Crippen LogP contribution in [-0.2, 0) is 28.0 Å². The number of alkyl halides is 3. The Morgan fingerprint density at radius 1 is 1.16 bits per heavy atom. The maximum absolute atomic E-state index is 14.0. The van der Waals surface area contributed by atoms with E-state index in [2.05, 4.69) is 36.0 Å². The topological polar surface area (TPSA) is 145 Å². The lowest BCUT2D eigenvalue weighted by atomic mass is 10.1. The third-order valence-electron chi connectivity index (χ3n) is 6.97. The number of hydrogen-bond donors (Lipinski definition) is 3. The number of carbonyl (C=O) groups excluding carboxylic acids is 1. The standard InChI is InChI=1S/C29H32F3N8O4P/c1-4-12-45(42)17-18-6-7-22(24(13-18)43-3)38-28-34-15-20(29(30,31)32)26(39-28)37-23-9-8-21(36-25(23)27(41)33-2)19-14-35-40(16-19)10-5-11-44-45/h6-9,13-16H,4-5,10-12,17H2,1-3H3,(H,33,41)(H2,34,37,38,39). The summed E-state index contributed by atoms with van der Waals surface area (Å²) in [6.07, 6.45) is 0.929. The van der Waals surface area contributed by atoms with Gasteiger partial charge in [-0.3, -0.25) is 14.0 Å². The molecule has 4 aliphatic rings. The number of rotatable bonds is 4. The van der Waals surface area contributed by atoms with Crippen molar-refractivity contribution < 1.29 is 31.8 Å². The number of hydrogen-bond acceptors (Lipinski definition) is 10. The van der Waals surface area contributed by atoms with Gasteiger partial charge in [0.05, 0.1) is 37.0 Å². The minimum Gasteiger partial charge on any atom is -0.495 e. The summed E-state index contributed by atoms with van der Waals surface area (Å²) < 4.78 is 69.1. The lowest BCUT2D eigenvalue weighted by molar-refractivity contribution is -0.137. The van der Waals surface area contributed by atoms with E-state index in [9.17, 15) is 22.5 Å². The minimum absolute atomic E-state index is 0.00150. The van der Waals surface area contributed by atoms with Gasteiger partial charge >= 0.3 is 6.18 Å². The Kier molecular flexibility index (Phi) is 9.40. The minimum atomic E-state index is -4.81. The van der Waals surface area contributed by atoms with E-state index in [0.717, 1.165) is 0 Å². The Morgan fingerprint density at radius 3 is 2.69 bits per heavy atom. The highest BCUT2D eigenvalue weighted by Crippen LogP contribution is 2.51. The molecule has 1 atom stereocenters. The second-order valence-corrected chi connectivity index (χ2v) is 12.9. The van der Waals surface area contributed by atoms with Gasteiger partial charge in [-0.15, -0.1) is 0 Å². The van der Waals surface area contributed by atoms with E-state index in [1.807, 2.05) is 6.92 Å². The lowest BCUT2D eigenvalue weighted by Gasteiger charge is -2.20. The number of halogens is 3. The molecule has 45 heavy (non-hydrogen) atoms. The van der Waals surface area contributed by atoms with Gasteiger partial charge in [0.15, 0.2) is 5.69 Å². The second-order valence-electron chi connectivity index (χ2n) is 10.3. The van der Waals surface area contributed by atoms with Crippen molar-refractivity contribution in [2.45, 2.75) is 38.6 Å². The van der Waals surface area contributed by atoms with Crippen molar-refractivity contribution >= 4 is 36.4 Å². The number of pyridine rings is 1. The van der Waals surface area contributed by atoms with Crippen LogP contribution in [-0.4, -0.2) is 57.6 Å². The van der Waals surface area contributed by atoms with Crippen molar-refractivity contribution in [2.24, 2.45) is 0 Å². The Morgan fingerprint density at radius 2 is 1.96 bits per heavy atom. The van der Waals surface area contributed by atoms with Crippen LogP contribution in [0.25, 0.3) is 11.3 Å². The summed E-state index contributed by atoms with van der Waals surface area (Å²) in [5, 5.41) is 12.4. The van der Waals surface area contributed by atoms with E-state index < -0.39 is 30.8 Å². The monoisotopic (exact) mass is 644 g/mol. The number of carbonyl (C=O) groups is 1. The summed E-state index contributed by atoms with van der Waals surface area (Å²) in [7, 11) is -0.220. The molecule has 8 bridgehead atoms. The molecular weight excluding hydrogens is 612 g/mol. The van der Waals surface area contributed by atoms with E-state index in [1.165, 1.54) is 20.2 Å². The van der Waals surface area contributed by atoms with Gasteiger partial charge in [-0.1, -0.05) is 13.0 Å². The van der Waals surface area contributed by atoms with Crippen LogP contribution in [0, 0.1) is 0 Å². The van der Waals surface area contributed by atoms with E-state index in [4.69, 9.17) is 9.26 Å². The molecule has 238 valence electrons. The van der Waals surface area contributed by atoms with Crippen LogP contribution in [0.3, 0.4) is 0 Å². The molecule has 3 N–H and O–H groups in total. The fourth-order valence-electron chi connectivity index (χ4n) is 4.83. The maximum Gasteiger partial charge on any atom is 0.421 e. The lowest BCUT2D eigenvalue weighted by Crippen LogP contribution is -2.21. The van der Waals surface area contributed by atoms with Gasteiger partial charge in [-0.05, 0) is 42.7 Å². The van der Waals surface area contributed by atoms with Crippen LogP contribution >= 0.6 is 7.37 Å². The van der Waals surface area contributed by atoms with Crippen molar-refractivity contribution in [1.29, 1.82) is 0 Å². The van der Waals surface area contributed by atoms with Crippen LogP contribution in [0.15, 0.2) is 48.9 Å². The molecule has 0 spiro atoms. The van der Waals surface area contributed by atoms with Gasteiger partial charge in [0.1, 0.15) is 17.1 Å². The predicted molar refractivity (Wildman–Crippen MR) is 162 cm³/mol. The number of benzene rings is 1. The summed E-state index contributed by atoms with van der Waals surface area (Å²) >= 11 is 0. The summed E-state index contributed by atoms with van der Waals surface area (Å²) in [6, 6.07) is 8.09. The SMILES string of the molecule is CCCP1(=O)Cc2ccc(c(OC)c2)Nc2ncc(C(F)(F)F)c(n2)Nc2ccc(nc2C(=O)NC)-c2cnn(c2)CCCO1. The Labute approximate surface area is 257 Å². The zero-order chi connectivity index (χ0) is 32.2. The van der Waals surface area contributed by atoms with E-state index in [0.29, 0.717) is 60.0 Å². The first-order valence-corrected chi connectivity index (χ1v) is 16.1. The average Bonchev–Trinajstić information content (AvgIpc) is 3.48. The van der Waals surface area contributed by atoms with Crippen molar-refractivity contribution in [3.05, 3.63) is 65.7 Å². The first kappa shape index (κ1) is 31.9. The summed E-state index contributed by atoms with van der Waals surface area (Å²) in [6.45, 7) is 2.67. The quantitative estimate of drug-likeness (QED) is 0.219. The van der Waals surface area contributed by atoms with Crippen molar-refractivity contribution in [1.82, 2.24) is 30.0 Å². The summed E-state index contributed by atoms with van der Waals surface area (Å²) in [5.74, 6) is -1.05. The molecule has 4 aliphatic heterocycles. The number of aryl methyl sites for hydroxylation is 1. The van der Waals surface area contributed by atoms with Gasteiger partial charge in [0, 0.05) is 43.9 Å². The average molecular weight is 645 g/mol. The van der Waals surface area contributed by atoms with Gasteiger partial charge < -0.3 is 25.2 Å². The zero-order valence-corrected chi connectivity index (χ0v) is 25.7. The number of nitrogens with zero attached hydrogens (tertiary/aromatic N) is 5. The van der Waals surface area contributed by atoms with Crippen LogP contribution in [0.5, 0.6) is 5.75 Å². The molecule has 12 nitrogen and oxygen atoms in total. The third kappa shape index (κ3) is 7.43. The number of aromatic nitrogens is 5. The zero-order valence-electron chi connectivity index (χ0n) is 24.8. The molecule has 7 heterocycles. The van der Waals surface area contributed by atoms with Crippen molar-refractivity contribution in [2.75, 3.05) is 37.6 Å². The molecule has 1 amide bonds. The molecule has 8 rings (SSSR count). The first-order valence-electron chi connectivity index (χ1n) is 14.2. The Balaban J connectivity index is 1.62. The second kappa shape index (κ2) is 13.2. The molecule has 4 aromatic rings. The van der Waals surface area contributed by atoms with Crippen LogP contribution in [0.1, 0.15) is 41.4 Å². The Hall–Kier alpha value is -4.49. The normalized spacial score (nSPS) is 17.0. The molecule has 0 aliphatic carbocycles. The number of nitrogens with one attached hydrogen (secondary N) is 3. The smallest absolute Gasteiger partial charge is 0.421 e. The molecule has 3 aromatic heterocycles. The van der Waals surface area contributed by atoms with Gasteiger partial charge in [-0.25, -0.2) is 9.97 Å². The maximum atomic E-state index is 14.0. The number of methoxy groups -OCH3 is 1. The van der Waals surface area contributed by atoms with Crippen LogP contribution in [0.2, 0.25) is 0 Å². The molecule has 0 radical (unpaired) electrons. The third-order valence-corrected chi connectivity index (χ3v) is 9.60. The number of anilines is 4. The molecule has 16 heteroatoms. The summed E-state index contributed by atoms with van der Waals surface area (Å²) in [4.78, 5) is 25.3. The first-order chi connectivity index (χ1) is 21.5. The predicted octanol–water partition coefficient (Wildman–Crippen LogP) is 6.22. The van der Waals surface area contributed by atoms with Crippen LogP contribution in [0.4, 0.5) is 36.3 Å². The molecule has 1 aromatic carbocycles. The number of ether oxygens (including phenoxy) is 1. The van der Waals surface area contributed by atoms with Gasteiger partial charge in [0.2, 0.25) is 13.3 Å². The van der Waals surface area contributed by atoms with E-state index in [1.54, 1.807) is 41.3 Å². The molecule has 0 fully saturated rings. The fraction of sp³-hybridized carbons (Fsp3) is 0.345. The number of amides is 1. The molecular formula is C29H32F3N8O4P. The van der Waals surface area contributed by atoms with E-state index >= 15 is 0 Å². The fourth-order valence-corrected chi connectivity index (χ4v) is 7.10. The Bertz CT molecular complexity index is 1750. The van der Waals surface area contributed by atoms with E-state index in [-0.39, 0.29) is 30.1 Å². The summed E-state index contributed by atoms with van der Waals surface area (Å²) in [5.41, 5.74) is 0.753. The highest BCUT2D eigenvalue weighted by Gasteiger charge is 2.36. The molecule has 0 saturated carbocycles. The van der Waals surface area contributed by atoms with Gasteiger partial charge in [-0.2, -0.15) is 23.3 Å². The highest BCUT2D eigenvalue weighted by molar-refractivity contribution is 7.58. The largest absolute Gasteiger partial charge is 0.495 e. The molecule has 1 unspecified atom stereocenters. The van der Waals surface area contributed by atoms with Gasteiger partial charge in [0.25, 0.3) is 5.91 Å². The molecule has 0 saturated heterocycles. The van der Waals surface area contributed by atoms with Crippen molar-refractivity contribution in [3.8, 4) is 17.0 Å². The highest BCUT2D eigenvalue weighted by atomic mass is 31.2.